The molecule has 60 valence electrons. The quantitative estimate of drug-likeness (QED) is 0.536. The third-order valence-corrected chi connectivity index (χ3v) is 5.97. The van der Waals surface area contributed by atoms with Gasteiger partial charge in [0.2, 0.25) is 0 Å². The zero-order valence-corrected chi connectivity index (χ0v) is 8.19. The number of nitrogens with two attached hydrogens (primary N) is 1. The van der Waals surface area contributed by atoms with E-state index in [-0.39, 0.29) is 0 Å². The molecule has 1 nitrogen and oxygen atoms in total. The smallest absolute Gasteiger partial charge is 0.0474 e. The maximum atomic E-state index is 5.88. The van der Waals surface area contributed by atoms with E-state index >= 15 is 0 Å². The molecule has 1 heterocycles. The molecule has 2 N–H and O–H groups in total. The SMILES string of the molecule is C[Si]1(C)CCCC(N)CC1. The van der Waals surface area contributed by atoms with Crippen LogP contribution in [0.3, 0.4) is 0 Å². The molecular formula is C8H19NSi. The van der Waals surface area contributed by atoms with E-state index in [2.05, 4.69) is 13.1 Å². The molecule has 1 aliphatic rings. The van der Waals surface area contributed by atoms with Crippen molar-refractivity contribution >= 4 is 8.07 Å². The highest BCUT2D eigenvalue weighted by Gasteiger charge is 2.24. The molecule has 1 atom stereocenters. The molecule has 1 fully saturated rings. The minimum atomic E-state index is -0.763. The minimum absolute atomic E-state index is 0.522. The van der Waals surface area contributed by atoms with Gasteiger partial charge in [-0.15, -0.1) is 0 Å². The van der Waals surface area contributed by atoms with Crippen molar-refractivity contribution in [1.82, 2.24) is 0 Å². The summed E-state index contributed by atoms with van der Waals surface area (Å²) in [5.74, 6) is 0. The van der Waals surface area contributed by atoms with Gasteiger partial charge in [-0.2, -0.15) is 0 Å². The van der Waals surface area contributed by atoms with Crippen LogP contribution < -0.4 is 5.73 Å². The Morgan fingerprint density at radius 1 is 1.20 bits per heavy atom. The zero-order valence-electron chi connectivity index (χ0n) is 7.19. The Hall–Kier alpha value is 0.177. The summed E-state index contributed by atoms with van der Waals surface area (Å²) in [5.41, 5.74) is 5.88. The van der Waals surface area contributed by atoms with E-state index in [9.17, 15) is 0 Å². The van der Waals surface area contributed by atoms with Gasteiger partial charge in [-0.1, -0.05) is 31.6 Å². The number of rotatable bonds is 0. The molecule has 0 saturated carbocycles. The van der Waals surface area contributed by atoms with E-state index in [1.807, 2.05) is 0 Å². The fraction of sp³-hybridized carbons (Fsp3) is 1.00. The van der Waals surface area contributed by atoms with Crippen molar-refractivity contribution < 1.29 is 0 Å². The van der Waals surface area contributed by atoms with Crippen LogP contribution in [0.15, 0.2) is 0 Å². The Balaban J connectivity index is 2.41. The minimum Gasteiger partial charge on any atom is -0.328 e. The highest BCUT2D eigenvalue weighted by Crippen LogP contribution is 2.26. The summed E-state index contributed by atoms with van der Waals surface area (Å²) in [7, 11) is -0.763. The van der Waals surface area contributed by atoms with Crippen molar-refractivity contribution in [3.05, 3.63) is 0 Å². The van der Waals surface area contributed by atoms with Crippen LogP contribution in [0.1, 0.15) is 19.3 Å². The summed E-state index contributed by atoms with van der Waals surface area (Å²) >= 11 is 0. The normalized spacial score (nSPS) is 33.3. The molecule has 1 aliphatic heterocycles. The first-order chi connectivity index (χ1) is 4.60. The second-order valence-electron chi connectivity index (χ2n) is 4.36. The lowest BCUT2D eigenvalue weighted by Gasteiger charge is -2.18. The standard InChI is InChI=1S/C8H19NSi/c1-10(2)6-3-4-8(9)5-7-10/h8H,3-7,9H2,1-2H3. The maximum Gasteiger partial charge on any atom is 0.0474 e. The lowest BCUT2D eigenvalue weighted by atomic mass is 10.1. The molecule has 1 saturated heterocycles. The second kappa shape index (κ2) is 3.05. The fourth-order valence-electron chi connectivity index (χ4n) is 1.69. The summed E-state index contributed by atoms with van der Waals surface area (Å²) in [5, 5.41) is 0. The van der Waals surface area contributed by atoms with Gasteiger partial charge in [-0.25, -0.2) is 0 Å². The van der Waals surface area contributed by atoms with E-state index in [0.29, 0.717) is 6.04 Å². The molecule has 0 amide bonds. The summed E-state index contributed by atoms with van der Waals surface area (Å²) in [4.78, 5) is 0. The lowest BCUT2D eigenvalue weighted by molar-refractivity contribution is 0.599. The fourth-order valence-corrected chi connectivity index (χ4v) is 4.25. The molecule has 10 heavy (non-hydrogen) atoms. The van der Waals surface area contributed by atoms with Crippen LogP contribution in [-0.2, 0) is 0 Å². The van der Waals surface area contributed by atoms with Gasteiger partial charge in [0.1, 0.15) is 0 Å². The van der Waals surface area contributed by atoms with Crippen molar-refractivity contribution in [2.75, 3.05) is 0 Å². The first kappa shape index (κ1) is 8.28. The topological polar surface area (TPSA) is 26.0 Å². The molecule has 1 rings (SSSR count). The third kappa shape index (κ3) is 2.43. The third-order valence-electron chi connectivity index (χ3n) is 2.62. The van der Waals surface area contributed by atoms with Crippen LogP contribution in [0.5, 0.6) is 0 Å². The maximum absolute atomic E-state index is 5.88. The average Bonchev–Trinajstić information content (AvgIpc) is 1.94. The molecule has 0 radical (unpaired) electrons. The molecule has 0 aromatic carbocycles. The number of hydrogen-bond donors (Lipinski definition) is 1. The largest absolute Gasteiger partial charge is 0.328 e. The summed E-state index contributed by atoms with van der Waals surface area (Å²) in [6.07, 6.45) is 3.95. The molecule has 0 aromatic rings. The molecule has 2 heteroatoms. The van der Waals surface area contributed by atoms with Crippen LogP contribution in [0.2, 0.25) is 25.2 Å². The number of hydrogen-bond acceptors (Lipinski definition) is 1. The van der Waals surface area contributed by atoms with E-state index in [4.69, 9.17) is 5.73 Å². The van der Waals surface area contributed by atoms with Crippen molar-refractivity contribution in [2.24, 2.45) is 5.73 Å². The first-order valence-electron chi connectivity index (χ1n) is 4.36. The molecule has 0 aliphatic carbocycles. The van der Waals surface area contributed by atoms with Crippen LogP contribution in [-0.4, -0.2) is 14.1 Å². The van der Waals surface area contributed by atoms with Gasteiger partial charge in [-0.3, -0.25) is 0 Å². The summed E-state index contributed by atoms with van der Waals surface area (Å²) in [6, 6.07) is 3.48. The van der Waals surface area contributed by atoms with Gasteiger partial charge in [0.15, 0.2) is 0 Å². The van der Waals surface area contributed by atoms with Crippen molar-refractivity contribution in [3.8, 4) is 0 Å². The van der Waals surface area contributed by atoms with Crippen LogP contribution in [0.4, 0.5) is 0 Å². The molecular weight excluding hydrogens is 138 g/mol. The first-order valence-corrected chi connectivity index (χ1v) is 7.77. The molecule has 0 spiro atoms. The van der Waals surface area contributed by atoms with E-state index < -0.39 is 8.07 Å². The average molecular weight is 157 g/mol. The predicted molar refractivity (Wildman–Crippen MR) is 48.9 cm³/mol. The lowest BCUT2D eigenvalue weighted by Crippen LogP contribution is -2.24. The Bertz CT molecular complexity index is 112. The Morgan fingerprint density at radius 3 is 2.60 bits per heavy atom. The summed E-state index contributed by atoms with van der Waals surface area (Å²) in [6.45, 7) is 4.98. The molecule has 0 aromatic heterocycles. The second-order valence-corrected chi connectivity index (χ2v) is 9.68. The van der Waals surface area contributed by atoms with Gasteiger partial charge in [0, 0.05) is 14.1 Å². The molecule has 1 unspecified atom stereocenters. The zero-order chi connectivity index (χ0) is 7.61. The van der Waals surface area contributed by atoms with E-state index in [1.54, 1.807) is 0 Å². The Morgan fingerprint density at radius 2 is 1.90 bits per heavy atom. The van der Waals surface area contributed by atoms with Gasteiger partial charge >= 0.3 is 0 Å². The van der Waals surface area contributed by atoms with Crippen molar-refractivity contribution in [2.45, 2.75) is 50.5 Å². The van der Waals surface area contributed by atoms with Crippen LogP contribution in [0.25, 0.3) is 0 Å². The van der Waals surface area contributed by atoms with Crippen LogP contribution >= 0.6 is 0 Å². The van der Waals surface area contributed by atoms with E-state index in [1.165, 1.54) is 31.4 Å². The van der Waals surface area contributed by atoms with Gasteiger partial charge in [-0.05, 0) is 12.8 Å². The predicted octanol–water partition coefficient (Wildman–Crippen LogP) is 2.21. The highest BCUT2D eigenvalue weighted by atomic mass is 28.3. The van der Waals surface area contributed by atoms with Crippen LogP contribution in [0, 0.1) is 0 Å². The Labute approximate surface area is 65.0 Å². The van der Waals surface area contributed by atoms with E-state index in [0.717, 1.165) is 0 Å². The van der Waals surface area contributed by atoms with Crippen molar-refractivity contribution in [1.29, 1.82) is 0 Å². The van der Waals surface area contributed by atoms with Gasteiger partial charge in [0.05, 0.1) is 0 Å². The van der Waals surface area contributed by atoms with Gasteiger partial charge < -0.3 is 5.73 Å². The van der Waals surface area contributed by atoms with Gasteiger partial charge in [0.25, 0.3) is 0 Å². The summed E-state index contributed by atoms with van der Waals surface area (Å²) < 4.78 is 0. The van der Waals surface area contributed by atoms with Crippen molar-refractivity contribution in [3.63, 3.8) is 0 Å². The molecule has 0 bridgehead atoms. The monoisotopic (exact) mass is 157 g/mol. The highest BCUT2D eigenvalue weighted by molar-refractivity contribution is 6.77. The Kier molecular flexibility index (Phi) is 2.53.